The molecule has 0 saturated carbocycles. The number of ether oxygens (including phenoxy) is 2. The summed E-state index contributed by atoms with van der Waals surface area (Å²) < 4.78 is 12.3. The largest absolute Gasteiger partial charge is 0.494 e. The summed E-state index contributed by atoms with van der Waals surface area (Å²) in [5, 5.41) is 3.10. The van der Waals surface area contributed by atoms with E-state index in [1.807, 2.05) is 38.1 Å². The number of halogens is 1. The van der Waals surface area contributed by atoms with Gasteiger partial charge in [-0.2, -0.15) is 0 Å². The van der Waals surface area contributed by atoms with Crippen molar-refractivity contribution in [2.24, 2.45) is 10.7 Å². The molecule has 7 heteroatoms. The summed E-state index contributed by atoms with van der Waals surface area (Å²) in [6.07, 6.45) is 0.857. The summed E-state index contributed by atoms with van der Waals surface area (Å²) in [6, 6.07) is 9.74. The Kier molecular flexibility index (Phi) is 7.39. The molecule has 0 unspecified atom stereocenters. The van der Waals surface area contributed by atoms with E-state index in [0.29, 0.717) is 25.7 Å². The molecular weight excluding hydrogens is 390 g/mol. The van der Waals surface area contributed by atoms with Crippen LogP contribution in [0.4, 0.5) is 5.69 Å². The Balaban J connectivity index is 2.01. The molecule has 0 bridgehead atoms. The van der Waals surface area contributed by atoms with E-state index in [4.69, 9.17) is 15.2 Å². The molecule has 130 valence electrons. The molecule has 0 fully saturated rings. The van der Waals surface area contributed by atoms with Crippen molar-refractivity contribution in [1.82, 2.24) is 0 Å². The van der Waals surface area contributed by atoms with Crippen molar-refractivity contribution in [3.8, 4) is 11.5 Å². The van der Waals surface area contributed by atoms with Crippen molar-refractivity contribution >= 4 is 38.9 Å². The Labute approximate surface area is 155 Å². The molecule has 1 heterocycles. The van der Waals surface area contributed by atoms with Gasteiger partial charge in [0.15, 0.2) is 5.96 Å². The number of nitrogens with one attached hydrogen (secondary N) is 1. The van der Waals surface area contributed by atoms with Crippen molar-refractivity contribution in [2.75, 3.05) is 25.1 Å². The third-order valence-corrected chi connectivity index (χ3v) is 4.78. The van der Waals surface area contributed by atoms with E-state index in [9.17, 15) is 0 Å². The van der Waals surface area contributed by atoms with Gasteiger partial charge in [0.05, 0.1) is 22.7 Å². The second-order valence-corrected chi connectivity index (χ2v) is 7.42. The molecule has 24 heavy (non-hydrogen) atoms. The van der Waals surface area contributed by atoms with Gasteiger partial charge in [0.25, 0.3) is 0 Å². The van der Waals surface area contributed by atoms with Gasteiger partial charge in [0.2, 0.25) is 0 Å². The van der Waals surface area contributed by atoms with Gasteiger partial charge in [-0.25, -0.2) is 0 Å². The number of guanidine groups is 1. The first kappa shape index (κ1) is 18.6. The summed E-state index contributed by atoms with van der Waals surface area (Å²) >= 11 is 5.17. The van der Waals surface area contributed by atoms with Crippen molar-refractivity contribution < 1.29 is 9.47 Å². The number of benzene rings is 1. The molecule has 2 rings (SSSR count). The number of hydrogen-bond acceptors (Lipinski definition) is 4. The first-order chi connectivity index (χ1) is 11.6. The van der Waals surface area contributed by atoms with Gasteiger partial charge in [-0.15, -0.1) is 11.3 Å². The van der Waals surface area contributed by atoms with E-state index in [0.717, 1.165) is 27.4 Å². The van der Waals surface area contributed by atoms with Crippen LogP contribution in [0, 0.1) is 0 Å². The SMILES string of the molecule is CCOc1ccc(OCC)c(NC(N)=NCCc2ccc(Br)s2)c1. The molecule has 1 aromatic heterocycles. The minimum Gasteiger partial charge on any atom is -0.494 e. The number of aliphatic imine (C=N–C) groups is 1. The smallest absolute Gasteiger partial charge is 0.193 e. The fourth-order valence-electron chi connectivity index (χ4n) is 2.09. The molecular formula is C17H22BrN3O2S. The lowest BCUT2D eigenvalue weighted by Crippen LogP contribution is -2.23. The van der Waals surface area contributed by atoms with E-state index < -0.39 is 0 Å². The number of hydrogen-bond donors (Lipinski definition) is 2. The standard InChI is InChI=1S/C17H22BrN3O2S/c1-3-22-12-5-7-15(23-4-2)14(11-12)21-17(19)20-10-9-13-6-8-16(18)24-13/h5-8,11H,3-4,9-10H2,1-2H3,(H3,19,20,21). The van der Waals surface area contributed by atoms with Crippen LogP contribution >= 0.6 is 27.3 Å². The highest BCUT2D eigenvalue weighted by molar-refractivity contribution is 9.11. The van der Waals surface area contributed by atoms with Crippen molar-refractivity contribution in [2.45, 2.75) is 20.3 Å². The van der Waals surface area contributed by atoms with Gasteiger partial charge in [-0.05, 0) is 54.0 Å². The van der Waals surface area contributed by atoms with Crippen LogP contribution in [0.5, 0.6) is 11.5 Å². The van der Waals surface area contributed by atoms with Gasteiger partial charge in [-0.1, -0.05) is 0 Å². The highest BCUT2D eigenvalue weighted by Gasteiger charge is 2.07. The second-order valence-electron chi connectivity index (χ2n) is 4.87. The Hall–Kier alpha value is -1.73. The number of nitrogens with zero attached hydrogens (tertiary/aromatic N) is 1. The van der Waals surface area contributed by atoms with Crippen LogP contribution in [-0.2, 0) is 6.42 Å². The molecule has 5 nitrogen and oxygen atoms in total. The predicted molar refractivity (Wildman–Crippen MR) is 105 cm³/mol. The van der Waals surface area contributed by atoms with Crippen LogP contribution in [-0.4, -0.2) is 25.7 Å². The van der Waals surface area contributed by atoms with Crippen LogP contribution in [0.25, 0.3) is 0 Å². The Morgan fingerprint density at radius 3 is 2.67 bits per heavy atom. The molecule has 2 aromatic rings. The van der Waals surface area contributed by atoms with Gasteiger partial charge < -0.3 is 20.5 Å². The number of anilines is 1. The second kappa shape index (κ2) is 9.54. The molecule has 0 radical (unpaired) electrons. The number of rotatable bonds is 8. The fraction of sp³-hybridized carbons (Fsp3) is 0.353. The lowest BCUT2D eigenvalue weighted by Gasteiger charge is -2.13. The van der Waals surface area contributed by atoms with Gasteiger partial charge in [-0.3, -0.25) is 4.99 Å². The molecule has 0 spiro atoms. The van der Waals surface area contributed by atoms with E-state index in [-0.39, 0.29) is 0 Å². The van der Waals surface area contributed by atoms with E-state index in [2.05, 4.69) is 32.3 Å². The Bertz CT molecular complexity index is 688. The average molecular weight is 412 g/mol. The lowest BCUT2D eigenvalue weighted by atomic mass is 10.2. The minimum absolute atomic E-state index is 0.361. The van der Waals surface area contributed by atoms with Crippen LogP contribution in [0.3, 0.4) is 0 Å². The summed E-state index contributed by atoms with van der Waals surface area (Å²) in [5.41, 5.74) is 6.75. The molecule has 1 aromatic carbocycles. The lowest BCUT2D eigenvalue weighted by molar-refractivity contribution is 0.332. The topological polar surface area (TPSA) is 68.9 Å². The van der Waals surface area contributed by atoms with Crippen LogP contribution in [0.2, 0.25) is 0 Å². The Morgan fingerprint density at radius 1 is 1.21 bits per heavy atom. The number of thiophene rings is 1. The minimum atomic E-state index is 0.361. The summed E-state index contributed by atoms with van der Waals surface area (Å²) in [7, 11) is 0. The van der Waals surface area contributed by atoms with Crippen molar-refractivity contribution in [3.63, 3.8) is 0 Å². The normalized spacial score (nSPS) is 11.4. The molecule has 0 amide bonds. The monoisotopic (exact) mass is 411 g/mol. The highest BCUT2D eigenvalue weighted by Crippen LogP contribution is 2.29. The maximum atomic E-state index is 6.00. The zero-order valence-corrected chi connectivity index (χ0v) is 16.2. The fourth-order valence-corrected chi connectivity index (χ4v) is 3.57. The molecule has 0 aliphatic rings. The Morgan fingerprint density at radius 2 is 2.00 bits per heavy atom. The van der Waals surface area contributed by atoms with Crippen molar-refractivity contribution in [3.05, 3.63) is 39.0 Å². The van der Waals surface area contributed by atoms with Gasteiger partial charge >= 0.3 is 0 Å². The molecule has 3 N–H and O–H groups in total. The van der Waals surface area contributed by atoms with Crippen LogP contribution in [0.1, 0.15) is 18.7 Å². The molecule has 0 saturated heterocycles. The zero-order chi connectivity index (χ0) is 17.4. The first-order valence-corrected chi connectivity index (χ1v) is 9.44. The predicted octanol–water partition coefficient (Wildman–Crippen LogP) is 4.28. The molecule has 0 atom stereocenters. The maximum Gasteiger partial charge on any atom is 0.193 e. The third-order valence-electron chi connectivity index (χ3n) is 3.09. The van der Waals surface area contributed by atoms with Gasteiger partial charge in [0, 0.05) is 23.9 Å². The first-order valence-electron chi connectivity index (χ1n) is 7.83. The summed E-state index contributed by atoms with van der Waals surface area (Å²) in [5.74, 6) is 1.85. The third kappa shape index (κ3) is 5.72. The van der Waals surface area contributed by atoms with E-state index in [1.54, 1.807) is 11.3 Å². The van der Waals surface area contributed by atoms with E-state index >= 15 is 0 Å². The molecule has 0 aliphatic carbocycles. The molecule has 0 aliphatic heterocycles. The zero-order valence-electron chi connectivity index (χ0n) is 13.8. The highest BCUT2D eigenvalue weighted by atomic mass is 79.9. The van der Waals surface area contributed by atoms with Gasteiger partial charge in [0.1, 0.15) is 11.5 Å². The summed E-state index contributed by atoms with van der Waals surface area (Å²) in [4.78, 5) is 5.65. The average Bonchev–Trinajstić information content (AvgIpc) is 2.96. The summed E-state index contributed by atoms with van der Waals surface area (Å²) in [6.45, 7) is 5.69. The quantitative estimate of drug-likeness (QED) is 0.502. The van der Waals surface area contributed by atoms with Crippen molar-refractivity contribution in [1.29, 1.82) is 0 Å². The van der Waals surface area contributed by atoms with Crippen LogP contribution < -0.4 is 20.5 Å². The number of nitrogens with two attached hydrogens (primary N) is 1. The van der Waals surface area contributed by atoms with Crippen LogP contribution in [0.15, 0.2) is 39.1 Å². The maximum absolute atomic E-state index is 6.00. The van der Waals surface area contributed by atoms with E-state index in [1.165, 1.54) is 4.88 Å².